The van der Waals surface area contributed by atoms with E-state index < -0.39 is 10.0 Å². The maximum absolute atomic E-state index is 12.1. The van der Waals surface area contributed by atoms with E-state index in [2.05, 4.69) is 16.8 Å². The van der Waals surface area contributed by atoms with Crippen molar-refractivity contribution in [2.75, 3.05) is 25.5 Å². The minimum absolute atomic E-state index is 0.213. The molecule has 2 unspecified atom stereocenters. The second-order valence-corrected chi connectivity index (χ2v) is 7.87. The first kappa shape index (κ1) is 16.2. The monoisotopic (exact) mass is 312 g/mol. The summed E-state index contributed by atoms with van der Waals surface area (Å²) >= 11 is 0. The molecule has 118 valence electrons. The summed E-state index contributed by atoms with van der Waals surface area (Å²) in [6.45, 7) is 2.75. The van der Waals surface area contributed by atoms with Crippen LogP contribution in [-0.2, 0) is 10.0 Å². The van der Waals surface area contributed by atoms with Gasteiger partial charge in [0.15, 0.2) is 0 Å². The van der Waals surface area contributed by atoms with Gasteiger partial charge >= 0.3 is 0 Å². The van der Waals surface area contributed by atoms with Crippen LogP contribution in [0.5, 0.6) is 0 Å². The fraction of sp³-hybridized carbons (Fsp3) is 0.643. The number of sulfonamides is 1. The van der Waals surface area contributed by atoms with Gasteiger partial charge in [0.05, 0.1) is 0 Å². The Morgan fingerprint density at radius 3 is 2.62 bits per heavy atom. The smallest absolute Gasteiger partial charge is 0.244 e. The van der Waals surface area contributed by atoms with Crippen LogP contribution in [0.4, 0.5) is 5.82 Å². The van der Waals surface area contributed by atoms with E-state index in [1.54, 1.807) is 12.1 Å². The zero-order valence-corrected chi connectivity index (χ0v) is 13.7. The Hall–Kier alpha value is -1.18. The fourth-order valence-corrected chi connectivity index (χ4v) is 3.67. The molecule has 6 nitrogen and oxygen atoms in total. The predicted octanol–water partition coefficient (Wildman–Crippen LogP) is 1.04. The van der Waals surface area contributed by atoms with Crippen molar-refractivity contribution >= 4 is 15.8 Å². The number of nitrogens with two attached hydrogens (primary N) is 1. The molecule has 0 aliphatic carbocycles. The van der Waals surface area contributed by atoms with Gasteiger partial charge in [-0.2, -0.15) is 0 Å². The Morgan fingerprint density at radius 2 is 2.10 bits per heavy atom. The first-order chi connectivity index (χ1) is 9.87. The topological polar surface area (TPSA) is 79.5 Å². The highest BCUT2D eigenvalue weighted by Crippen LogP contribution is 2.28. The van der Waals surface area contributed by atoms with Crippen LogP contribution in [0.3, 0.4) is 0 Å². The highest BCUT2D eigenvalue weighted by Gasteiger charge is 2.28. The average Bonchev–Trinajstić information content (AvgIpc) is 2.47. The molecule has 2 rings (SSSR count). The number of hydrogen-bond donors (Lipinski definition) is 1. The zero-order valence-electron chi connectivity index (χ0n) is 12.9. The summed E-state index contributed by atoms with van der Waals surface area (Å²) in [5.74, 6) is 0.801. The second kappa shape index (κ2) is 6.29. The van der Waals surface area contributed by atoms with Gasteiger partial charge in [-0.1, -0.05) is 0 Å². The third-order valence-electron chi connectivity index (χ3n) is 4.06. The molecular weight excluding hydrogens is 288 g/mol. The first-order valence-corrected chi connectivity index (χ1v) is 8.69. The van der Waals surface area contributed by atoms with Crippen LogP contribution in [0.2, 0.25) is 0 Å². The van der Waals surface area contributed by atoms with Gasteiger partial charge in [0.25, 0.3) is 0 Å². The number of aromatic nitrogens is 1. The molecule has 0 aromatic carbocycles. The van der Waals surface area contributed by atoms with Crippen LogP contribution in [-0.4, -0.2) is 50.4 Å². The summed E-state index contributed by atoms with van der Waals surface area (Å²) in [6.07, 6.45) is 4.77. The second-order valence-electron chi connectivity index (χ2n) is 5.72. The summed E-state index contributed by atoms with van der Waals surface area (Å²) in [7, 11) is -0.401. The van der Waals surface area contributed by atoms with E-state index in [1.807, 2.05) is 0 Å². The summed E-state index contributed by atoms with van der Waals surface area (Å²) in [6, 6.07) is 4.04. The molecule has 21 heavy (non-hydrogen) atoms. The average molecular weight is 312 g/mol. The molecule has 1 aliphatic rings. The Bertz CT molecular complexity index is 571. The van der Waals surface area contributed by atoms with Crippen molar-refractivity contribution in [3.8, 4) is 0 Å². The Labute approximate surface area is 127 Å². The number of piperidine rings is 1. The molecule has 0 spiro atoms. The van der Waals surface area contributed by atoms with Crippen LogP contribution >= 0.6 is 0 Å². The third-order valence-corrected chi connectivity index (χ3v) is 5.86. The van der Waals surface area contributed by atoms with E-state index >= 15 is 0 Å². The molecular formula is C14H24N4O2S. The number of nitrogens with zero attached hydrogens (tertiary/aromatic N) is 3. The van der Waals surface area contributed by atoms with Crippen molar-refractivity contribution in [2.45, 2.75) is 43.2 Å². The first-order valence-electron chi connectivity index (χ1n) is 7.25. The fourth-order valence-electron chi connectivity index (χ4n) is 2.82. The highest BCUT2D eigenvalue weighted by molar-refractivity contribution is 7.89. The van der Waals surface area contributed by atoms with E-state index in [0.29, 0.717) is 12.6 Å². The predicted molar refractivity (Wildman–Crippen MR) is 83.7 cm³/mol. The summed E-state index contributed by atoms with van der Waals surface area (Å²) in [4.78, 5) is 6.80. The molecule has 0 radical (unpaired) electrons. The number of rotatable bonds is 4. The van der Waals surface area contributed by atoms with E-state index in [0.717, 1.165) is 18.7 Å². The van der Waals surface area contributed by atoms with E-state index in [4.69, 9.17) is 5.73 Å². The molecule has 7 heteroatoms. The van der Waals surface area contributed by atoms with Crippen molar-refractivity contribution in [3.05, 3.63) is 18.3 Å². The van der Waals surface area contributed by atoms with Gasteiger partial charge in [-0.3, -0.25) is 0 Å². The Kier molecular flexibility index (Phi) is 4.85. The van der Waals surface area contributed by atoms with Gasteiger partial charge in [0.2, 0.25) is 10.0 Å². The van der Waals surface area contributed by atoms with Gasteiger partial charge in [-0.15, -0.1) is 0 Å². The van der Waals surface area contributed by atoms with Crippen LogP contribution < -0.4 is 10.6 Å². The number of pyridine rings is 1. The maximum atomic E-state index is 12.1. The Morgan fingerprint density at radius 1 is 1.38 bits per heavy atom. The SMILES string of the molecule is CC1CCCC(CN)N1c1ccc(S(=O)(=O)N(C)C)cn1. The quantitative estimate of drug-likeness (QED) is 0.898. The molecule has 1 saturated heterocycles. The number of anilines is 1. The van der Waals surface area contributed by atoms with E-state index in [9.17, 15) is 8.42 Å². The lowest BCUT2D eigenvalue weighted by Crippen LogP contribution is -2.49. The van der Waals surface area contributed by atoms with E-state index in [1.165, 1.54) is 31.0 Å². The molecule has 2 N–H and O–H groups in total. The lowest BCUT2D eigenvalue weighted by Gasteiger charge is -2.41. The third kappa shape index (κ3) is 3.20. The van der Waals surface area contributed by atoms with Crippen molar-refractivity contribution in [1.82, 2.24) is 9.29 Å². The standard InChI is InChI=1S/C14H24N4O2S/c1-11-5-4-6-12(9-15)18(11)14-8-7-13(10-16-14)21(19,20)17(2)3/h7-8,10-12H,4-6,9,15H2,1-3H3. The zero-order chi connectivity index (χ0) is 15.6. The largest absolute Gasteiger partial charge is 0.350 e. The van der Waals surface area contributed by atoms with Gasteiger partial charge in [0, 0.05) is 38.9 Å². The van der Waals surface area contributed by atoms with Gasteiger partial charge in [-0.25, -0.2) is 17.7 Å². The van der Waals surface area contributed by atoms with Crippen molar-refractivity contribution in [1.29, 1.82) is 0 Å². The minimum Gasteiger partial charge on any atom is -0.350 e. The van der Waals surface area contributed by atoms with Crippen molar-refractivity contribution in [3.63, 3.8) is 0 Å². The molecule has 0 amide bonds. The van der Waals surface area contributed by atoms with Crippen molar-refractivity contribution < 1.29 is 8.42 Å². The molecule has 1 aromatic heterocycles. The van der Waals surface area contributed by atoms with Crippen LogP contribution in [0, 0.1) is 0 Å². The van der Waals surface area contributed by atoms with Crippen LogP contribution in [0.25, 0.3) is 0 Å². The van der Waals surface area contributed by atoms with Crippen molar-refractivity contribution in [2.24, 2.45) is 5.73 Å². The number of hydrogen-bond acceptors (Lipinski definition) is 5. The van der Waals surface area contributed by atoms with Gasteiger partial charge in [0.1, 0.15) is 10.7 Å². The van der Waals surface area contributed by atoms with E-state index in [-0.39, 0.29) is 10.9 Å². The summed E-state index contributed by atoms with van der Waals surface area (Å²) < 4.78 is 25.3. The lowest BCUT2D eigenvalue weighted by molar-refractivity contribution is 0.397. The molecule has 2 heterocycles. The van der Waals surface area contributed by atoms with Crippen LogP contribution in [0.1, 0.15) is 26.2 Å². The molecule has 1 aromatic rings. The molecule has 1 fully saturated rings. The normalized spacial score (nSPS) is 23.6. The molecule has 0 saturated carbocycles. The lowest BCUT2D eigenvalue weighted by atomic mass is 9.96. The van der Waals surface area contributed by atoms with Gasteiger partial charge < -0.3 is 10.6 Å². The Balaban J connectivity index is 2.30. The minimum atomic E-state index is -3.43. The molecule has 2 atom stereocenters. The molecule has 0 bridgehead atoms. The summed E-state index contributed by atoms with van der Waals surface area (Å²) in [5, 5.41) is 0. The van der Waals surface area contributed by atoms with Gasteiger partial charge in [-0.05, 0) is 38.3 Å². The summed E-state index contributed by atoms with van der Waals surface area (Å²) in [5.41, 5.74) is 5.86. The molecule has 1 aliphatic heterocycles. The maximum Gasteiger partial charge on any atom is 0.244 e. The van der Waals surface area contributed by atoms with Crippen LogP contribution in [0.15, 0.2) is 23.2 Å². The highest BCUT2D eigenvalue weighted by atomic mass is 32.2.